The number of carbonyl (C=O) groups is 2. The fraction of sp³-hybridized carbons (Fsp3) is 0.800. The van der Waals surface area contributed by atoms with E-state index in [1.807, 2.05) is 13.8 Å². The minimum Gasteiger partial charge on any atom is -0.466 e. The molecule has 4 nitrogen and oxygen atoms in total. The number of amides is 1. The Morgan fingerprint density at radius 2 is 2.00 bits per heavy atom. The van der Waals surface area contributed by atoms with Crippen LogP contribution in [0.25, 0.3) is 0 Å². The second-order valence-corrected chi connectivity index (χ2v) is 3.16. The maximum absolute atomic E-state index is 11.3. The number of rotatable bonds is 6. The summed E-state index contributed by atoms with van der Waals surface area (Å²) in [5.41, 5.74) is 0. The van der Waals surface area contributed by atoms with Crippen LogP contribution < -0.4 is 5.32 Å². The van der Waals surface area contributed by atoms with Crippen molar-refractivity contribution in [3.63, 3.8) is 0 Å². The van der Waals surface area contributed by atoms with Gasteiger partial charge in [0, 0.05) is 12.5 Å². The molecule has 0 rings (SSSR count). The van der Waals surface area contributed by atoms with Crippen LogP contribution in [0.1, 0.15) is 33.6 Å². The smallest absolute Gasteiger partial charge is 0.307 e. The molecular weight excluding hydrogens is 182 g/mol. The number of hydrogen-bond donors (Lipinski definition) is 1. The Morgan fingerprint density at radius 1 is 1.36 bits per heavy atom. The van der Waals surface area contributed by atoms with Crippen LogP contribution >= 0.6 is 0 Å². The minimum absolute atomic E-state index is 0.00296. The second-order valence-electron chi connectivity index (χ2n) is 3.16. The Morgan fingerprint density at radius 3 is 2.50 bits per heavy atom. The molecular formula is C10H19NO3. The van der Waals surface area contributed by atoms with Gasteiger partial charge in [-0.15, -0.1) is 0 Å². The Balaban J connectivity index is 3.54. The lowest BCUT2D eigenvalue weighted by molar-refractivity contribution is -0.143. The standard InChI is InChI=1S/C10H19NO3/c1-4-8(3)10(13)11-7-6-9(12)14-5-2/h8H,4-7H2,1-3H3,(H,11,13). The van der Waals surface area contributed by atoms with Gasteiger partial charge in [-0.2, -0.15) is 0 Å². The summed E-state index contributed by atoms with van der Waals surface area (Å²) in [7, 11) is 0. The molecule has 0 bridgehead atoms. The summed E-state index contributed by atoms with van der Waals surface area (Å²) in [6.45, 7) is 6.32. The molecule has 1 unspecified atom stereocenters. The first-order chi connectivity index (χ1) is 6.61. The van der Waals surface area contributed by atoms with Gasteiger partial charge >= 0.3 is 5.97 Å². The molecule has 0 aromatic heterocycles. The molecule has 14 heavy (non-hydrogen) atoms. The van der Waals surface area contributed by atoms with Gasteiger partial charge in [0.2, 0.25) is 5.91 Å². The van der Waals surface area contributed by atoms with Crippen LogP contribution in [0.4, 0.5) is 0 Å². The fourth-order valence-electron chi connectivity index (χ4n) is 0.881. The van der Waals surface area contributed by atoms with Gasteiger partial charge < -0.3 is 10.1 Å². The van der Waals surface area contributed by atoms with Gasteiger partial charge in [-0.1, -0.05) is 13.8 Å². The molecule has 1 N–H and O–H groups in total. The van der Waals surface area contributed by atoms with E-state index in [0.29, 0.717) is 13.2 Å². The Hall–Kier alpha value is -1.06. The minimum atomic E-state index is -0.267. The van der Waals surface area contributed by atoms with Crippen molar-refractivity contribution < 1.29 is 14.3 Å². The van der Waals surface area contributed by atoms with E-state index in [1.165, 1.54) is 0 Å². The van der Waals surface area contributed by atoms with Crippen molar-refractivity contribution in [3.05, 3.63) is 0 Å². The summed E-state index contributed by atoms with van der Waals surface area (Å²) in [5, 5.41) is 2.68. The Bertz CT molecular complexity index is 192. The molecule has 0 saturated heterocycles. The van der Waals surface area contributed by atoms with Crippen LogP contribution in [0.2, 0.25) is 0 Å². The summed E-state index contributed by atoms with van der Waals surface area (Å²) in [4.78, 5) is 22.1. The molecule has 0 aliphatic heterocycles. The normalized spacial score (nSPS) is 11.9. The molecule has 0 heterocycles. The lowest BCUT2D eigenvalue weighted by Crippen LogP contribution is -2.31. The van der Waals surface area contributed by atoms with Crippen LogP contribution in [0.5, 0.6) is 0 Å². The van der Waals surface area contributed by atoms with Gasteiger partial charge in [-0.05, 0) is 13.3 Å². The van der Waals surface area contributed by atoms with E-state index in [2.05, 4.69) is 5.32 Å². The van der Waals surface area contributed by atoms with E-state index in [9.17, 15) is 9.59 Å². The summed E-state index contributed by atoms with van der Waals surface area (Å²) in [6.07, 6.45) is 1.06. The summed E-state index contributed by atoms with van der Waals surface area (Å²) >= 11 is 0. The van der Waals surface area contributed by atoms with Crippen molar-refractivity contribution in [2.24, 2.45) is 5.92 Å². The zero-order valence-corrected chi connectivity index (χ0v) is 9.13. The van der Waals surface area contributed by atoms with Gasteiger partial charge in [-0.3, -0.25) is 9.59 Å². The predicted molar refractivity (Wildman–Crippen MR) is 53.7 cm³/mol. The average Bonchev–Trinajstić information content (AvgIpc) is 2.16. The van der Waals surface area contributed by atoms with Crippen molar-refractivity contribution in [3.8, 4) is 0 Å². The van der Waals surface area contributed by atoms with E-state index >= 15 is 0 Å². The van der Waals surface area contributed by atoms with E-state index in [4.69, 9.17) is 4.74 Å². The van der Waals surface area contributed by atoms with Gasteiger partial charge in [0.05, 0.1) is 13.0 Å². The molecule has 1 amide bonds. The number of nitrogens with one attached hydrogen (secondary N) is 1. The van der Waals surface area contributed by atoms with Crippen LogP contribution in [0.3, 0.4) is 0 Å². The van der Waals surface area contributed by atoms with Crippen LogP contribution in [-0.2, 0) is 14.3 Å². The molecule has 82 valence electrons. The van der Waals surface area contributed by atoms with Crippen molar-refractivity contribution in [1.82, 2.24) is 5.32 Å². The summed E-state index contributed by atoms with van der Waals surface area (Å²) in [5.74, 6) is -0.258. The second kappa shape index (κ2) is 7.35. The third-order valence-electron chi connectivity index (χ3n) is 1.99. The van der Waals surface area contributed by atoms with E-state index in [1.54, 1.807) is 6.92 Å². The lowest BCUT2D eigenvalue weighted by Gasteiger charge is -2.09. The van der Waals surface area contributed by atoms with Crippen LogP contribution in [-0.4, -0.2) is 25.0 Å². The molecule has 0 radical (unpaired) electrons. The van der Waals surface area contributed by atoms with E-state index in [-0.39, 0.29) is 24.2 Å². The molecule has 0 aliphatic carbocycles. The molecule has 1 atom stereocenters. The Labute approximate surface area is 85.0 Å². The zero-order valence-electron chi connectivity index (χ0n) is 9.13. The largest absolute Gasteiger partial charge is 0.466 e. The lowest BCUT2D eigenvalue weighted by atomic mass is 10.1. The first-order valence-corrected chi connectivity index (χ1v) is 5.05. The van der Waals surface area contributed by atoms with Crippen molar-refractivity contribution in [2.75, 3.05) is 13.2 Å². The quantitative estimate of drug-likeness (QED) is 0.655. The topological polar surface area (TPSA) is 55.4 Å². The van der Waals surface area contributed by atoms with E-state index in [0.717, 1.165) is 6.42 Å². The van der Waals surface area contributed by atoms with Gasteiger partial charge in [0.15, 0.2) is 0 Å². The highest BCUT2D eigenvalue weighted by molar-refractivity contribution is 5.78. The highest BCUT2D eigenvalue weighted by atomic mass is 16.5. The first kappa shape index (κ1) is 12.9. The average molecular weight is 201 g/mol. The molecule has 0 saturated carbocycles. The predicted octanol–water partition coefficient (Wildman–Crippen LogP) is 1.10. The SMILES string of the molecule is CCOC(=O)CCNC(=O)C(C)CC. The van der Waals surface area contributed by atoms with Crippen LogP contribution in [0.15, 0.2) is 0 Å². The van der Waals surface area contributed by atoms with E-state index < -0.39 is 0 Å². The van der Waals surface area contributed by atoms with Crippen molar-refractivity contribution in [1.29, 1.82) is 0 Å². The number of esters is 1. The highest BCUT2D eigenvalue weighted by Gasteiger charge is 2.10. The third-order valence-corrected chi connectivity index (χ3v) is 1.99. The molecule has 0 fully saturated rings. The first-order valence-electron chi connectivity index (χ1n) is 5.05. The van der Waals surface area contributed by atoms with Gasteiger partial charge in [0.1, 0.15) is 0 Å². The third kappa shape index (κ3) is 5.56. The fourth-order valence-corrected chi connectivity index (χ4v) is 0.881. The van der Waals surface area contributed by atoms with Gasteiger partial charge in [0.25, 0.3) is 0 Å². The summed E-state index contributed by atoms with van der Waals surface area (Å²) in [6, 6.07) is 0. The number of ether oxygens (including phenoxy) is 1. The van der Waals surface area contributed by atoms with Crippen molar-refractivity contribution >= 4 is 11.9 Å². The zero-order chi connectivity index (χ0) is 11.0. The van der Waals surface area contributed by atoms with Gasteiger partial charge in [-0.25, -0.2) is 0 Å². The summed E-state index contributed by atoms with van der Waals surface area (Å²) < 4.78 is 4.72. The molecule has 4 heteroatoms. The maximum Gasteiger partial charge on any atom is 0.307 e. The monoisotopic (exact) mass is 201 g/mol. The van der Waals surface area contributed by atoms with Crippen LogP contribution in [0, 0.1) is 5.92 Å². The molecule has 0 aliphatic rings. The maximum atomic E-state index is 11.3. The number of carbonyl (C=O) groups excluding carboxylic acids is 2. The molecule has 0 aromatic carbocycles. The molecule has 0 aromatic rings. The number of hydrogen-bond acceptors (Lipinski definition) is 3. The highest BCUT2D eigenvalue weighted by Crippen LogP contribution is 1.99. The van der Waals surface area contributed by atoms with Crippen molar-refractivity contribution in [2.45, 2.75) is 33.6 Å². The molecule has 0 spiro atoms. The Kier molecular flexibility index (Phi) is 6.80.